The van der Waals surface area contributed by atoms with Crippen molar-refractivity contribution in [1.82, 2.24) is 0 Å². The quantitative estimate of drug-likeness (QED) is 0.328. The van der Waals surface area contributed by atoms with E-state index in [1.165, 1.54) is 5.56 Å². The first-order valence-corrected chi connectivity index (χ1v) is 10.4. The standard InChI is InChI=1S/C18H14Cl6/c19-14-15(20)17(22)13-11-7-9(12(13)16(14,21)18(17,23)24)6-10(11)8-4-2-1-3-5-8/h1-5,9-13H,6-7H2/t9-,10-,11-,12+,13+,16-,17-/m0/s1. The Hall–Kier alpha value is 0.700. The van der Waals surface area contributed by atoms with E-state index >= 15 is 0 Å². The summed E-state index contributed by atoms with van der Waals surface area (Å²) in [6, 6.07) is 10.6. The van der Waals surface area contributed by atoms with Crippen LogP contribution < -0.4 is 0 Å². The van der Waals surface area contributed by atoms with Gasteiger partial charge in [0.05, 0.1) is 10.1 Å². The lowest BCUT2D eigenvalue weighted by Crippen LogP contribution is -2.46. The lowest BCUT2D eigenvalue weighted by Gasteiger charge is -2.42. The molecule has 1 aromatic carbocycles. The molecule has 0 aromatic heterocycles. The average molecular weight is 443 g/mol. The van der Waals surface area contributed by atoms with Crippen LogP contribution in [0.3, 0.4) is 0 Å². The summed E-state index contributed by atoms with van der Waals surface area (Å²) in [5.74, 6) is 1.35. The van der Waals surface area contributed by atoms with Crippen molar-refractivity contribution in [2.75, 3.05) is 0 Å². The Morgan fingerprint density at radius 1 is 0.792 bits per heavy atom. The van der Waals surface area contributed by atoms with Crippen molar-refractivity contribution >= 4 is 69.6 Å². The lowest BCUT2D eigenvalue weighted by molar-refractivity contribution is 0.196. The molecule has 0 N–H and O–H groups in total. The van der Waals surface area contributed by atoms with E-state index in [1.807, 2.05) is 6.07 Å². The van der Waals surface area contributed by atoms with Crippen molar-refractivity contribution in [1.29, 1.82) is 0 Å². The molecule has 0 saturated heterocycles. The summed E-state index contributed by atoms with van der Waals surface area (Å²) in [6.45, 7) is 0. The molecule has 0 amide bonds. The van der Waals surface area contributed by atoms with Crippen LogP contribution >= 0.6 is 69.6 Å². The molecule has 4 bridgehead atoms. The average Bonchev–Trinajstić information content (AvgIpc) is 3.22. The van der Waals surface area contributed by atoms with Crippen LogP contribution in [0.4, 0.5) is 0 Å². The van der Waals surface area contributed by atoms with Crippen LogP contribution in [0.1, 0.15) is 24.3 Å². The Kier molecular flexibility index (Phi) is 3.47. The van der Waals surface area contributed by atoms with Gasteiger partial charge in [-0.3, -0.25) is 0 Å². The zero-order valence-corrected chi connectivity index (χ0v) is 17.0. The van der Waals surface area contributed by atoms with E-state index in [0.717, 1.165) is 12.8 Å². The highest BCUT2D eigenvalue weighted by Gasteiger charge is 2.86. The fourth-order valence-electron chi connectivity index (χ4n) is 6.13. The van der Waals surface area contributed by atoms with Gasteiger partial charge in [-0.1, -0.05) is 76.7 Å². The second-order valence-corrected chi connectivity index (χ2v) is 10.9. The highest BCUT2D eigenvalue weighted by Crippen LogP contribution is 2.83. The summed E-state index contributed by atoms with van der Waals surface area (Å²) < 4.78 is -1.39. The maximum Gasteiger partial charge on any atom is 0.166 e. The van der Waals surface area contributed by atoms with Crippen molar-refractivity contribution in [2.45, 2.75) is 32.8 Å². The zero-order chi connectivity index (χ0) is 17.1. The number of hydrogen-bond donors (Lipinski definition) is 0. The van der Waals surface area contributed by atoms with E-state index in [4.69, 9.17) is 69.6 Å². The Balaban J connectivity index is 1.65. The second-order valence-electron chi connectivity index (χ2n) is 7.59. The molecule has 0 spiro atoms. The van der Waals surface area contributed by atoms with Crippen LogP contribution in [-0.2, 0) is 0 Å². The number of rotatable bonds is 1. The van der Waals surface area contributed by atoms with E-state index in [2.05, 4.69) is 24.3 Å². The smallest absolute Gasteiger partial charge is 0.109 e. The molecule has 0 unspecified atom stereocenters. The molecule has 7 atom stereocenters. The maximum absolute atomic E-state index is 7.05. The molecule has 3 fully saturated rings. The van der Waals surface area contributed by atoms with Gasteiger partial charge in [0.1, 0.15) is 9.75 Å². The van der Waals surface area contributed by atoms with Crippen LogP contribution in [-0.4, -0.2) is 14.1 Å². The fourth-order valence-corrected chi connectivity index (χ4v) is 9.28. The molecule has 1 aromatic rings. The molecule has 4 aliphatic rings. The van der Waals surface area contributed by atoms with Crippen molar-refractivity contribution in [3.05, 3.63) is 46.0 Å². The van der Waals surface area contributed by atoms with E-state index < -0.39 is 14.1 Å². The first kappa shape index (κ1) is 16.8. The Bertz CT molecular complexity index is 758. The van der Waals surface area contributed by atoms with Gasteiger partial charge in [-0.15, -0.1) is 23.2 Å². The van der Waals surface area contributed by atoms with E-state index in [0.29, 0.717) is 27.8 Å². The van der Waals surface area contributed by atoms with E-state index in [-0.39, 0.29) is 11.8 Å². The predicted molar refractivity (Wildman–Crippen MR) is 103 cm³/mol. The Labute approximate surface area is 171 Å². The lowest BCUT2D eigenvalue weighted by atomic mass is 9.67. The zero-order valence-electron chi connectivity index (χ0n) is 12.5. The van der Waals surface area contributed by atoms with E-state index in [1.54, 1.807) is 0 Å². The molecule has 24 heavy (non-hydrogen) atoms. The first-order valence-electron chi connectivity index (χ1n) is 8.13. The summed E-state index contributed by atoms with van der Waals surface area (Å²) in [4.78, 5) is -2.18. The number of hydrogen-bond acceptors (Lipinski definition) is 0. The molecule has 4 aliphatic carbocycles. The van der Waals surface area contributed by atoms with Gasteiger partial charge in [0, 0.05) is 0 Å². The molecule has 0 nitrogen and oxygen atoms in total. The SMILES string of the molecule is ClC1=C(Cl)[C@@]2(Cl)[C@@H]3[C@H]4C[C@H](C[C@H]4c4ccccc4)[C@H]3[C@@]1(Cl)C2(Cl)Cl. The third kappa shape index (κ3) is 1.56. The van der Waals surface area contributed by atoms with Crippen LogP contribution in [0.2, 0.25) is 0 Å². The van der Waals surface area contributed by atoms with Gasteiger partial charge in [0.2, 0.25) is 0 Å². The third-order valence-corrected chi connectivity index (χ3v) is 11.2. The fraction of sp³-hybridized carbons (Fsp3) is 0.556. The van der Waals surface area contributed by atoms with E-state index in [9.17, 15) is 0 Å². The number of fused-ring (bicyclic) bond motifs is 9. The Morgan fingerprint density at radius 2 is 1.38 bits per heavy atom. The van der Waals surface area contributed by atoms with Crippen LogP contribution in [0.15, 0.2) is 40.4 Å². The van der Waals surface area contributed by atoms with Gasteiger partial charge in [-0.2, -0.15) is 0 Å². The molecule has 6 heteroatoms. The Morgan fingerprint density at radius 3 is 2.00 bits per heavy atom. The minimum Gasteiger partial charge on any atom is -0.109 e. The molecular formula is C18H14Cl6. The molecule has 0 radical (unpaired) electrons. The van der Waals surface area contributed by atoms with Gasteiger partial charge < -0.3 is 0 Å². The first-order chi connectivity index (χ1) is 11.3. The van der Waals surface area contributed by atoms with Crippen LogP contribution in [0, 0.1) is 23.7 Å². The summed E-state index contributed by atoms with van der Waals surface area (Å²) in [6.07, 6.45) is 2.15. The number of allylic oxidation sites excluding steroid dienone is 2. The van der Waals surface area contributed by atoms with Gasteiger partial charge >= 0.3 is 0 Å². The van der Waals surface area contributed by atoms with Gasteiger partial charge in [0.15, 0.2) is 4.33 Å². The minimum absolute atomic E-state index is 0.0469. The van der Waals surface area contributed by atoms with Crippen molar-refractivity contribution < 1.29 is 0 Å². The molecule has 0 aliphatic heterocycles. The van der Waals surface area contributed by atoms with Gasteiger partial charge in [-0.05, 0) is 48.0 Å². The van der Waals surface area contributed by atoms with Crippen LogP contribution in [0.25, 0.3) is 0 Å². The predicted octanol–water partition coefficient (Wildman–Crippen LogP) is 6.89. The van der Waals surface area contributed by atoms with Gasteiger partial charge in [-0.25, -0.2) is 0 Å². The largest absolute Gasteiger partial charge is 0.166 e. The molecular weight excluding hydrogens is 429 g/mol. The topological polar surface area (TPSA) is 0 Å². The van der Waals surface area contributed by atoms with Crippen molar-refractivity contribution in [3.63, 3.8) is 0 Å². The molecule has 0 heterocycles. The summed E-state index contributed by atoms with van der Waals surface area (Å²) in [7, 11) is 0. The van der Waals surface area contributed by atoms with Crippen molar-refractivity contribution in [2.24, 2.45) is 23.7 Å². The summed E-state index contributed by atoms with van der Waals surface area (Å²) in [5, 5.41) is 0.683. The number of halogens is 6. The number of benzene rings is 1. The highest BCUT2D eigenvalue weighted by molar-refractivity contribution is 6.65. The number of alkyl halides is 4. The maximum atomic E-state index is 7.05. The monoisotopic (exact) mass is 440 g/mol. The third-order valence-electron chi connectivity index (χ3n) is 6.90. The summed E-state index contributed by atoms with van der Waals surface area (Å²) in [5.41, 5.74) is 1.34. The van der Waals surface area contributed by atoms with Crippen molar-refractivity contribution in [3.8, 4) is 0 Å². The van der Waals surface area contributed by atoms with Crippen LogP contribution in [0.5, 0.6) is 0 Å². The minimum atomic E-state index is -1.39. The normalized spacial score (nSPS) is 50.7. The molecule has 128 valence electrons. The molecule has 5 rings (SSSR count). The molecule has 3 saturated carbocycles. The second kappa shape index (κ2) is 4.94. The van der Waals surface area contributed by atoms with Gasteiger partial charge in [0.25, 0.3) is 0 Å². The highest BCUT2D eigenvalue weighted by atomic mass is 35.5. The summed E-state index contributed by atoms with van der Waals surface area (Å²) >= 11 is 40.6.